The van der Waals surface area contributed by atoms with Gasteiger partial charge in [-0.15, -0.1) is 0 Å². The number of fused-ring (bicyclic) bond motifs is 1. The second kappa shape index (κ2) is 4.57. The zero-order valence-corrected chi connectivity index (χ0v) is 11.3. The lowest BCUT2D eigenvalue weighted by atomic mass is 10.0. The number of carbonyl (C=O) groups excluding carboxylic acids is 1. The molecule has 19 heavy (non-hydrogen) atoms. The van der Waals surface area contributed by atoms with Crippen LogP contribution in [-0.2, 0) is 16.0 Å². The molecule has 0 saturated carbocycles. The van der Waals surface area contributed by atoms with Crippen LogP contribution in [0.3, 0.4) is 0 Å². The molecule has 2 rings (SSSR count). The first-order chi connectivity index (χ1) is 8.84. The Hall–Kier alpha value is -2.04. The predicted octanol–water partition coefficient (Wildman–Crippen LogP) is 1.34. The number of hydrogen-bond donors (Lipinski definition) is 2. The van der Waals surface area contributed by atoms with Crippen molar-refractivity contribution in [1.82, 2.24) is 4.90 Å². The van der Waals surface area contributed by atoms with Gasteiger partial charge in [-0.05, 0) is 25.5 Å². The highest BCUT2D eigenvalue weighted by Crippen LogP contribution is 2.27. The minimum Gasteiger partial charge on any atom is -0.480 e. The van der Waals surface area contributed by atoms with Crippen molar-refractivity contribution < 1.29 is 14.7 Å². The van der Waals surface area contributed by atoms with Crippen LogP contribution in [0.15, 0.2) is 24.3 Å². The van der Waals surface area contributed by atoms with Crippen LogP contribution in [0.1, 0.15) is 19.4 Å². The second-order valence-corrected chi connectivity index (χ2v) is 5.32. The van der Waals surface area contributed by atoms with Crippen LogP contribution in [0.2, 0.25) is 0 Å². The molecule has 0 aliphatic carbocycles. The lowest BCUT2D eigenvalue weighted by Crippen LogP contribution is -2.54. The van der Waals surface area contributed by atoms with E-state index in [0.717, 1.165) is 11.3 Å². The number of likely N-dealkylation sites (N-methyl/N-ethyl adjacent to an activating group) is 1. The Morgan fingerprint density at radius 2 is 2.00 bits per heavy atom. The van der Waals surface area contributed by atoms with Crippen molar-refractivity contribution in [3.05, 3.63) is 29.8 Å². The Morgan fingerprint density at radius 3 is 2.58 bits per heavy atom. The third kappa shape index (κ3) is 2.28. The highest BCUT2D eigenvalue weighted by Gasteiger charge is 2.39. The Balaban J connectivity index is 2.13. The average molecular weight is 262 g/mol. The van der Waals surface area contributed by atoms with Crippen LogP contribution in [-0.4, -0.2) is 40.5 Å². The molecular formula is C14H18N2O3. The van der Waals surface area contributed by atoms with E-state index < -0.39 is 11.5 Å². The molecule has 1 atom stereocenters. The molecule has 5 nitrogen and oxygen atoms in total. The number of nitrogens with one attached hydrogen (secondary N) is 1. The van der Waals surface area contributed by atoms with E-state index in [2.05, 4.69) is 5.32 Å². The van der Waals surface area contributed by atoms with Crippen molar-refractivity contribution in [2.24, 2.45) is 0 Å². The van der Waals surface area contributed by atoms with Crippen molar-refractivity contribution in [1.29, 1.82) is 0 Å². The van der Waals surface area contributed by atoms with E-state index in [1.165, 1.54) is 25.8 Å². The molecule has 0 spiro atoms. The van der Waals surface area contributed by atoms with Gasteiger partial charge in [0.05, 0.1) is 0 Å². The Bertz CT molecular complexity index is 500. The summed E-state index contributed by atoms with van der Waals surface area (Å²) < 4.78 is 0. The van der Waals surface area contributed by atoms with E-state index >= 15 is 0 Å². The first-order valence-corrected chi connectivity index (χ1v) is 6.19. The highest BCUT2D eigenvalue weighted by molar-refractivity contribution is 5.92. The van der Waals surface area contributed by atoms with E-state index in [1.807, 2.05) is 24.3 Å². The SMILES string of the molecule is CN(C(=O)[C@@H]1Cc2ccccc2N1)C(C)(C)C(=O)O. The van der Waals surface area contributed by atoms with Gasteiger partial charge in [0.25, 0.3) is 0 Å². The van der Waals surface area contributed by atoms with Crippen LogP contribution in [0.25, 0.3) is 0 Å². The summed E-state index contributed by atoms with van der Waals surface area (Å²) in [6.45, 7) is 3.05. The normalized spacial score (nSPS) is 17.5. The standard InChI is InChI=1S/C14H18N2O3/c1-14(2,13(18)19)16(3)12(17)11-8-9-6-4-5-7-10(9)15-11/h4-7,11,15H,8H2,1-3H3,(H,18,19)/t11-/m0/s1. The van der Waals surface area contributed by atoms with Gasteiger partial charge >= 0.3 is 5.97 Å². The van der Waals surface area contributed by atoms with Crippen LogP contribution in [0.4, 0.5) is 5.69 Å². The van der Waals surface area contributed by atoms with Crippen LogP contribution in [0.5, 0.6) is 0 Å². The molecule has 1 amide bonds. The number of anilines is 1. The number of carbonyl (C=O) groups is 2. The maximum atomic E-state index is 12.4. The lowest BCUT2D eigenvalue weighted by Gasteiger charge is -2.33. The summed E-state index contributed by atoms with van der Waals surface area (Å²) in [7, 11) is 1.53. The number of para-hydroxylation sites is 1. The van der Waals surface area contributed by atoms with Gasteiger partial charge < -0.3 is 15.3 Å². The Morgan fingerprint density at radius 1 is 1.37 bits per heavy atom. The molecule has 102 valence electrons. The first kappa shape index (κ1) is 13.4. The molecule has 0 aromatic heterocycles. The molecule has 2 N–H and O–H groups in total. The van der Waals surface area contributed by atoms with Gasteiger partial charge in [0.2, 0.25) is 5.91 Å². The molecule has 0 fully saturated rings. The Kier molecular flexibility index (Phi) is 3.22. The fourth-order valence-corrected chi connectivity index (χ4v) is 2.10. The molecule has 0 radical (unpaired) electrons. The highest BCUT2D eigenvalue weighted by atomic mass is 16.4. The fourth-order valence-electron chi connectivity index (χ4n) is 2.10. The minimum atomic E-state index is -1.21. The van der Waals surface area contributed by atoms with E-state index in [0.29, 0.717) is 6.42 Å². The summed E-state index contributed by atoms with van der Waals surface area (Å²) in [5.74, 6) is -1.22. The van der Waals surface area contributed by atoms with E-state index in [4.69, 9.17) is 5.11 Å². The number of benzene rings is 1. The number of rotatable bonds is 3. The second-order valence-electron chi connectivity index (χ2n) is 5.32. The monoisotopic (exact) mass is 262 g/mol. The lowest BCUT2D eigenvalue weighted by molar-refractivity contribution is -0.155. The van der Waals surface area contributed by atoms with Crippen molar-refractivity contribution in [3.63, 3.8) is 0 Å². The van der Waals surface area contributed by atoms with Gasteiger partial charge in [-0.3, -0.25) is 4.79 Å². The quantitative estimate of drug-likeness (QED) is 0.862. The zero-order chi connectivity index (χ0) is 14.2. The average Bonchev–Trinajstić information content (AvgIpc) is 2.80. The zero-order valence-electron chi connectivity index (χ0n) is 11.3. The molecule has 1 aromatic carbocycles. The summed E-state index contributed by atoms with van der Waals surface area (Å²) in [4.78, 5) is 24.8. The number of carboxylic acid groups (broad SMARTS) is 1. The molecule has 1 aliphatic rings. The number of amides is 1. The van der Waals surface area contributed by atoms with Gasteiger partial charge in [0.1, 0.15) is 11.6 Å². The summed E-state index contributed by atoms with van der Waals surface area (Å²) in [5, 5.41) is 12.3. The largest absolute Gasteiger partial charge is 0.480 e. The molecule has 5 heteroatoms. The van der Waals surface area contributed by atoms with Gasteiger partial charge in [-0.2, -0.15) is 0 Å². The van der Waals surface area contributed by atoms with Crippen LogP contribution >= 0.6 is 0 Å². The molecule has 0 bridgehead atoms. The fraction of sp³-hybridized carbons (Fsp3) is 0.429. The van der Waals surface area contributed by atoms with E-state index in [9.17, 15) is 9.59 Å². The van der Waals surface area contributed by atoms with Crippen LogP contribution < -0.4 is 5.32 Å². The number of carboxylic acids is 1. The van der Waals surface area contributed by atoms with Gasteiger partial charge in [-0.25, -0.2) is 4.79 Å². The molecular weight excluding hydrogens is 244 g/mol. The third-order valence-corrected chi connectivity index (χ3v) is 3.76. The Labute approximate surface area is 112 Å². The summed E-state index contributed by atoms with van der Waals surface area (Å²) in [5.41, 5.74) is 0.817. The van der Waals surface area contributed by atoms with Crippen molar-refractivity contribution in [3.8, 4) is 0 Å². The first-order valence-electron chi connectivity index (χ1n) is 6.19. The summed E-state index contributed by atoms with van der Waals surface area (Å²) in [6, 6.07) is 7.34. The molecule has 1 aliphatic heterocycles. The predicted molar refractivity (Wildman–Crippen MR) is 72.0 cm³/mol. The number of nitrogens with zero attached hydrogens (tertiary/aromatic N) is 1. The van der Waals surface area contributed by atoms with Gasteiger partial charge in [0.15, 0.2) is 0 Å². The molecule has 1 heterocycles. The summed E-state index contributed by atoms with van der Waals surface area (Å²) >= 11 is 0. The van der Waals surface area contributed by atoms with Crippen molar-refractivity contribution in [2.45, 2.75) is 31.8 Å². The van der Waals surface area contributed by atoms with Crippen LogP contribution in [0, 0.1) is 0 Å². The number of hydrogen-bond acceptors (Lipinski definition) is 3. The maximum Gasteiger partial charge on any atom is 0.329 e. The molecule has 0 saturated heterocycles. The van der Waals surface area contributed by atoms with Gasteiger partial charge in [-0.1, -0.05) is 18.2 Å². The smallest absolute Gasteiger partial charge is 0.329 e. The van der Waals surface area contributed by atoms with Crippen molar-refractivity contribution in [2.75, 3.05) is 12.4 Å². The van der Waals surface area contributed by atoms with E-state index in [-0.39, 0.29) is 11.9 Å². The number of aliphatic carboxylic acids is 1. The molecule has 1 aromatic rings. The van der Waals surface area contributed by atoms with Gasteiger partial charge in [0, 0.05) is 19.2 Å². The van der Waals surface area contributed by atoms with Crippen molar-refractivity contribution >= 4 is 17.6 Å². The topological polar surface area (TPSA) is 69.6 Å². The third-order valence-electron chi connectivity index (χ3n) is 3.76. The minimum absolute atomic E-state index is 0.205. The van der Waals surface area contributed by atoms with E-state index in [1.54, 1.807) is 0 Å². The maximum absolute atomic E-state index is 12.4. The summed E-state index contributed by atoms with van der Waals surface area (Å²) in [6.07, 6.45) is 0.592. The molecule has 0 unspecified atom stereocenters.